The Balaban J connectivity index is 1.83. The van der Waals surface area contributed by atoms with Gasteiger partial charge in [-0.25, -0.2) is 0 Å². The van der Waals surface area contributed by atoms with Crippen LogP contribution in [-0.4, -0.2) is 32.6 Å². The Hall–Kier alpha value is -3.02. The first-order valence-electron chi connectivity index (χ1n) is 8.46. The number of nitrogens with one attached hydrogen (secondary N) is 2. The molecule has 0 radical (unpaired) electrons. The fraction of sp³-hybridized carbons (Fsp3) is 0.300. The summed E-state index contributed by atoms with van der Waals surface area (Å²) < 4.78 is 10.4. The molecular weight excluding hydrogens is 332 g/mol. The van der Waals surface area contributed by atoms with Crippen LogP contribution >= 0.6 is 0 Å². The number of hydrogen-bond acceptors (Lipinski definition) is 4. The van der Waals surface area contributed by atoms with Crippen LogP contribution < -0.4 is 20.1 Å². The van der Waals surface area contributed by atoms with Crippen LogP contribution in [0.4, 0.5) is 5.69 Å². The Morgan fingerprint density at radius 1 is 0.885 bits per heavy atom. The molecule has 0 aliphatic rings. The number of benzene rings is 2. The van der Waals surface area contributed by atoms with Gasteiger partial charge in [-0.15, -0.1) is 0 Å². The lowest BCUT2D eigenvalue weighted by atomic mass is 10.1. The van der Waals surface area contributed by atoms with Gasteiger partial charge >= 0.3 is 11.8 Å². The highest BCUT2D eigenvalue weighted by Gasteiger charge is 2.13. The van der Waals surface area contributed by atoms with Gasteiger partial charge in [-0.05, 0) is 48.2 Å². The van der Waals surface area contributed by atoms with E-state index in [9.17, 15) is 9.59 Å². The number of rotatable bonds is 7. The van der Waals surface area contributed by atoms with Crippen LogP contribution in [0.5, 0.6) is 11.5 Å². The molecule has 2 aromatic carbocycles. The van der Waals surface area contributed by atoms with E-state index in [1.165, 1.54) is 5.56 Å². The van der Waals surface area contributed by atoms with Crippen molar-refractivity contribution in [1.29, 1.82) is 0 Å². The van der Waals surface area contributed by atoms with Gasteiger partial charge in [-0.2, -0.15) is 0 Å². The highest BCUT2D eigenvalue weighted by molar-refractivity contribution is 6.39. The van der Waals surface area contributed by atoms with E-state index in [0.29, 0.717) is 30.2 Å². The van der Waals surface area contributed by atoms with Gasteiger partial charge in [0.05, 0.1) is 14.2 Å². The summed E-state index contributed by atoms with van der Waals surface area (Å²) in [6, 6.07) is 13.0. The number of carbonyl (C=O) groups excluding carboxylic acids is 2. The molecule has 0 heterocycles. The number of carbonyl (C=O) groups is 2. The Kier molecular flexibility index (Phi) is 7.02. The lowest BCUT2D eigenvalue weighted by Crippen LogP contribution is -2.36. The van der Waals surface area contributed by atoms with Crippen molar-refractivity contribution in [2.75, 3.05) is 26.1 Å². The summed E-state index contributed by atoms with van der Waals surface area (Å²) >= 11 is 0. The van der Waals surface area contributed by atoms with Crippen LogP contribution in [0.15, 0.2) is 42.5 Å². The molecule has 0 spiro atoms. The summed E-state index contributed by atoms with van der Waals surface area (Å²) in [6.07, 6.45) is 1.50. The second-order valence-corrected chi connectivity index (χ2v) is 5.70. The maximum atomic E-state index is 11.9. The van der Waals surface area contributed by atoms with Gasteiger partial charge in [0.2, 0.25) is 0 Å². The van der Waals surface area contributed by atoms with Crippen molar-refractivity contribution in [3.05, 3.63) is 53.6 Å². The molecule has 0 unspecified atom stereocenters. The molecule has 138 valence electrons. The Labute approximate surface area is 153 Å². The zero-order valence-electron chi connectivity index (χ0n) is 15.3. The number of ether oxygens (including phenoxy) is 2. The third-order valence-electron chi connectivity index (χ3n) is 3.97. The van der Waals surface area contributed by atoms with Crippen LogP contribution in [0.3, 0.4) is 0 Å². The van der Waals surface area contributed by atoms with Crippen LogP contribution in [-0.2, 0) is 22.4 Å². The molecule has 0 atom stereocenters. The summed E-state index contributed by atoms with van der Waals surface area (Å²) in [4.78, 5) is 23.8. The molecule has 0 saturated carbocycles. The number of hydrogen-bond donors (Lipinski definition) is 2. The summed E-state index contributed by atoms with van der Waals surface area (Å²) in [5, 5.41) is 5.20. The fourth-order valence-corrected chi connectivity index (χ4v) is 2.45. The normalized spacial score (nSPS) is 10.1. The molecule has 0 saturated heterocycles. The first-order valence-corrected chi connectivity index (χ1v) is 8.46. The number of methoxy groups -OCH3 is 2. The van der Waals surface area contributed by atoms with Crippen LogP contribution in [0.25, 0.3) is 0 Å². The van der Waals surface area contributed by atoms with Crippen molar-refractivity contribution in [1.82, 2.24) is 5.32 Å². The van der Waals surface area contributed by atoms with Crippen LogP contribution in [0.1, 0.15) is 18.1 Å². The topological polar surface area (TPSA) is 76.7 Å². The monoisotopic (exact) mass is 356 g/mol. The average Bonchev–Trinajstić information content (AvgIpc) is 2.68. The highest BCUT2D eigenvalue weighted by atomic mass is 16.5. The van der Waals surface area contributed by atoms with E-state index in [4.69, 9.17) is 9.47 Å². The van der Waals surface area contributed by atoms with Crippen LogP contribution in [0.2, 0.25) is 0 Å². The van der Waals surface area contributed by atoms with E-state index in [1.54, 1.807) is 26.4 Å². The molecule has 0 aliphatic heterocycles. The predicted molar refractivity (Wildman–Crippen MR) is 101 cm³/mol. The summed E-state index contributed by atoms with van der Waals surface area (Å²) in [5.74, 6) is -0.0649. The second-order valence-electron chi connectivity index (χ2n) is 5.70. The van der Waals surface area contributed by atoms with E-state index in [1.807, 2.05) is 30.3 Å². The zero-order valence-corrected chi connectivity index (χ0v) is 15.3. The second kappa shape index (κ2) is 9.46. The fourth-order valence-electron chi connectivity index (χ4n) is 2.45. The molecule has 0 aromatic heterocycles. The molecule has 0 aliphatic carbocycles. The molecular formula is C20H24N2O4. The third kappa shape index (κ3) is 5.24. The van der Waals surface area contributed by atoms with E-state index in [0.717, 1.165) is 12.0 Å². The van der Waals surface area contributed by atoms with Gasteiger partial charge in [-0.1, -0.05) is 25.1 Å². The largest absolute Gasteiger partial charge is 0.493 e. The maximum Gasteiger partial charge on any atom is 0.313 e. The number of aryl methyl sites for hydroxylation is 1. The number of anilines is 1. The van der Waals surface area contributed by atoms with E-state index < -0.39 is 11.8 Å². The SMILES string of the molecule is CCc1ccc(NC(=O)C(=O)NCCc2ccc(OC)c(OC)c2)cc1. The molecule has 6 heteroatoms. The van der Waals surface area contributed by atoms with Crippen molar-refractivity contribution < 1.29 is 19.1 Å². The van der Waals surface area contributed by atoms with E-state index in [-0.39, 0.29) is 0 Å². The Morgan fingerprint density at radius 3 is 2.15 bits per heavy atom. The molecule has 26 heavy (non-hydrogen) atoms. The first kappa shape index (κ1) is 19.3. The zero-order chi connectivity index (χ0) is 18.9. The number of amides is 2. The van der Waals surface area contributed by atoms with Gasteiger partial charge in [-0.3, -0.25) is 9.59 Å². The molecule has 2 rings (SSSR count). The standard InChI is InChI=1S/C20H24N2O4/c1-4-14-5-8-16(9-6-14)22-20(24)19(23)21-12-11-15-7-10-17(25-2)18(13-15)26-3/h5-10,13H,4,11-12H2,1-3H3,(H,21,23)(H,22,24). The minimum atomic E-state index is -0.679. The summed E-state index contributed by atoms with van der Waals surface area (Å²) in [5.41, 5.74) is 2.74. The first-order chi connectivity index (χ1) is 12.6. The van der Waals surface area contributed by atoms with Gasteiger partial charge in [0.1, 0.15) is 0 Å². The van der Waals surface area contributed by atoms with E-state index in [2.05, 4.69) is 17.6 Å². The van der Waals surface area contributed by atoms with Crippen LogP contribution in [0, 0.1) is 0 Å². The highest BCUT2D eigenvalue weighted by Crippen LogP contribution is 2.27. The third-order valence-corrected chi connectivity index (χ3v) is 3.97. The minimum Gasteiger partial charge on any atom is -0.493 e. The smallest absolute Gasteiger partial charge is 0.313 e. The Morgan fingerprint density at radius 2 is 1.54 bits per heavy atom. The van der Waals surface area contributed by atoms with Crippen molar-refractivity contribution in [2.45, 2.75) is 19.8 Å². The van der Waals surface area contributed by atoms with Crippen molar-refractivity contribution >= 4 is 17.5 Å². The van der Waals surface area contributed by atoms with Gasteiger partial charge in [0.15, 0.2) is 11.5 Å². The van der Waals surface area contributed by atoms with Gasteiger partial charge in [0.25, 0.3) is 0 Å². The molecule has 0 bridgehead atoms. The molecule has 2 amide bonds. The van der Waals surface area contributed by atoms with E-state index >= 15 is 0 Å². The summed E-state index contributed by atoms with van der Waals surface area (Å²) in [6.45, 7) is 2.40. The molecule has 6 nitrogen and oxygen atoms in total. The lowest BCUT2D eigenvalue weighted by Gasteiger charge is -2.10. The van der Waals surface area contributed by atoms with Gasteiger partial charge < -0.3 is 20.1 Å². The van der Waals surface area contributed by atoms with Gasteiger partial charge in [0, 0.05) is 12.2 Å². The molecule has 0 fully saturated rings. The quantitative estimate of drug-likeness (QED) is 0.748. The lowest BCUT2D eigenvalue weighted by molar-refractivity contribution is -0.136. The summed E-state index contributed by atoms with van der Waals surface area (Å²) in [7, 11) is 3.15. The van der Waals surface area contributed by atoms with Crippen molar-refractivity contribution in [3.8, 4) is 11.5 Å². The molecule has 2 aromatic rings. The predicted octanol–water partition coefficient (Wildman–Crippen LogP) is 2.56. The van der Waals surface area contributed by atoms with Crippen molar-refractivity contribution in [3.63, 3.8) is 0 Å². The van der Waals surface area contributed by atoms with Crippen molar-refractivity contribution in [2.24, 2.45) is 0 Å². The maximum absolute atomic E-state index is 11.9. The average molecular weight is 356 g/mol. The minimum absolute atomic E-state index is 0.344. The Bertz CT molecular complexity index is 757. The molecule has 2 N–H and O–H groups in total.